The van der Waals surface area contributed by atoms with Crippen LogP contribution in [0, 0.1) is 0 Å². The molecule has 2 aromatic rings. The maximum absolute atomic E-state index is 11.9. The number of hydrogen-bond donors (Lipinski definition) is 1. The Morgan fingerprint density at radius 1 is 1.42 bits per heavy atom. The maximum Gasteiger partial charge on any atom is 0.360 e. The van der Waals surface area contributed by atoms with E-state index in [0.717, 1.165) is 19.3 Å². The van der Waals surface area contributed by atoms with E-state index in [-0.39, 0.29) is 30.9 Å². The van der Waals surface area contributed by atoms with E-state index in [0.29, 0.717) is 23.7 Å². The van der Waals surface area contributed by atoms with Crippen LogP contribution in [0.15, 0.2) is 12.1 Å². The largest absolute Gasteiger partial charge is 0.505 e. The van der Waals surface area contributed by atoms with Gasteiger partial charge in [-0.05, 0) is 38.3 Å². The predicted molar refractivity (Wildman–Crippen MR) is 90.2 cm³/mol. The molecule has 0 amide bonds. The Labute approximate surface area is 150 Å². The van der Waals surface area contributed by atoms with E-state index in [2.05, 4.69) is 15.3 Å². The molecule has 140 valence electrons. The van der Waals surface area contributed by atoms with Crippen molar-refractivity contribution in [3.63, 3.8) is 0 Å². The summed E-state index contributed by atoms with van der Waals surface area (Å²) in [5.74, 6) is -0.936. The number of aromatic nitrogens is 4. The number of carbonyl (C=O) groups is 1. The lowest BCUT2D eigenvalue weighted by molar-refractivity contribution is -0.169. The van der Waals surface area contributed by atoms with Crippen LogP contribution >= 0.6 is 0 Å². The summed E-state index contributed by atoms with van der Waals surface area (Å²) in [4.78, 5) is 16.1. The average molecular weight is 362 g/mol. The molecule has 1 atom stereocenters. The molecule has 0 aromatic carbocycles. The van der Waals surface area contributed by atoms with Crippen molar-refractivity contribution in [3.05, 3.63) is 23.5 Å². The van der Waals surface area contributed by atoms with Gasteiger partial charge in [0.2, 0.25) is 0 Å². The molecular formula is C17H22N4O5. The summed E-state index contributed by atoms with van der Waals surface area (Å²) >= 11 is 0. The van der Waals surface area contributed by atoms with Crippen molar-refractivity contribution in [3.8, 4) is 17.1 Å². The second kappa shape index (κ2) is 8.24. The molecule has 9 nitrogen and oxygen atoms in total. The molecule has 0 radical (unpaired) electrons. The molecule has 0 spiro atoms. The van der Waals surface area contributed by atoms with Gasteiger partial charge in [-0.3, -0.25) is 0 Å². The molecule has 3 heterocycles. The van der Waals surface area contributed by atoms with E-state index in [9.17, 15) is 9.90 Å². The summed E-state index contributed by atoms with van der Waals surface area (Å²) in [5.41, 5.74) is 1.43. The molecule has 3 rings (SSSR count). The molecule has 1 fully saturated rings. The Morgan fingerprint density at radius 3 is 3.00 bits per heavy atom. The number of aryl methyl sites for hydroxylation is 1. The first-order valence-electron chi connectivity index (χ1n) is 8.59. The normalized spacial score (nSPS) is 17.2. The van der Waals surface area contributed by atoms with Crippen LogP contribution in [-0.2, 0) is 27.9 Å². The van der Waals surface area contributed by atoms with Crippen molar-refractivity contribution in [1.29, 1.82) is 0 Å². The quantitative estimate of drug-likeness (QED) is 0.775. The van der Waals surface area contributed by atoms with Crippen LogP contribution in [0.25, 0.3) is 11.4 Å². The number of hydrogen-bond acceptors (Lipinski definition) is 8. The zero-order valence-electron chi connectivity index (χ0n) is 14.8. The van der Waals surface area contributed by atoms with Crippen LogP contribution in [0.1, 0.15) is 42.4 Å². The van der Waals surface area contributed by atoms with Crippen LogP contribution in [0.2, 0.25) is 0 Å². The Morgan fingerprint density at radius 2 is 2.27 bits per heavy atom. The third kappa shape index (κ3) is 4.00. The second-order valence-electron chi connectivity index (χ2n) is 5.90. The SMILES string of the molecule is CCOC(=O)c1nc(-c2nnn(C)c2COC2CCCCO2)ccc1O. The van der Waals surface area contributed by atoms with Gasteiger partial charge in [-0.25, -0.2) is 14.5 Å². The van der Waals surface area contributed by atoms with Gasteiger partial charge in [-0.15, -0.1) is 5.10 Å². The molecule has 1 N–H and O–H groups in total. The lowest BCUT2D eigenvalue weighted by Crippen LogP contribution is -2.22. The first kappa shape index (κ1) is 18.3. The van der Waals surface area contributed by atoms with E-state index < -0.39 is 5.97 Å². The molecule has 0 bridgehead atoms. The van der Waals surface area contributed by atoms with Crippen molar-refractivity contribution < 1.29 is 24.1 Å². The van der Waals surface area contributed by atoms with Gasteiger partial charge in [0.05, 0.1) is 24.6 Å². The Bertz CT molecular complexity index is 771. The molecule has 0 aliphatic carbocycles. The minimum absolute atomic E-state index is 0.155. The third-order valence-corrected chi connectivity index (χ3v) is 4.07. The van der Waals surface area contributed by atoms with Gasteiger partial charge in [0.25, 0.3) is 0 Å². The molecule has 0 saturated carbocycles. The summed E-state index contributed by atoms with van der Waals surface area (Å²) in [6.07, 6.45) is 2.73. The van der Waals surface area contributed by atoms with E-state index in [1.807, 2.05) is 0 Å². The summed E-state index contributed by atoms with van der Waals surface area (Å²) in [7, 11) is 1.75. The number of carbonyl (C=O) groups excluding carboxylic acids is 1. The maximum atomic E-state index is 11.9. The number of esters is 1. The van der Waals surface area contributed by atoms with Crippen LogP contribution in [0.5, 0.6) is 5.75 Å². The smallest absolute Gasteiger partial charge is 0.360 e. The number of ether oxygens (including phenoxy) is 3. The topological polar surface area (TPSA) is 109 Å². The molecule has 1 aliphatic rings. The Hall–Kier alpha value is -2.52. The van der Waals surface area contributed by atoms with E-state index in [1.54, 1.807) is 24.7 Å². The van der Waals surface area contributed by atoms with Gasteiger partial charge in [0.15, 0.2) is 12.0 Å². The standard InChI is InChI=1S/C17H22N4O5/c1-3-24-17(23)16-13(22)8-7-11(18-16)15-12(21(2)20-19-15)10-26-14-6-4-5-9-25-14/h7-8,14,22H,3-6,9-10H2,1-2H3. The fraction of sp³-hybridized carbons (Fsp3) is 0.529. The van der Waals surface area contributed by atoms with Crippen molar-refractivity contribution in [2.24, 2.45) is 7.05 Å². The Balaban J connectivity index is 1.83. The van der Waals surface area contributed by atoms with Crippen LogP contribution in [0.4, 0.5) is 0 Å². The lowest BCUT2D eigenvalue weighted by Gasteiger charge is -2.22. The van der Waals surface area contributed by atoms with Gasteiger partial charge in [-0.1, -0.05) is 5.21 Å². The average Bonchev–Trinajstić information content (AvgIpc) is 3.02. The zero-order chi connectivity index (χ0) is 18.5. The van der Waals surface area contributed by atoms with E-state index in [4.69, 9.17) is 14.2 Å². The minimum atomic E-state index is -0.691. The molecule has 9 heteroatoms. The minimum Gasteiger partial charge on any atom is -0.505 e. The summed E-state index contributed by atoms with van der Waals surface area (Å²) < 4.78 is 17.9. The van der Waals surface area contributed by atoms with Crippen molar-refractivity contribution >= 4 is 5.97 Å². The highest BCUT2D eigenvalue weighted by molar-refractivity contribution is 5.90. The number of aromatic hydroxyl groups is 1. The summed E-state index contributed by atoms with van der Waals surface area (Å²) in [6, 6.07) is 2.96. The highest BCUT2D eigenvalue weighted by Crippen LogP contribution is 2.25. The van der Waals surface area contributed by atoms with Gasteiger partial charge >= 0.3 is 5.97 Å². The summed E-state index contributed by atoms with van der Waals surface area (Å²) in [6.45, 7) is 2.82. The van der Waals surface area contributed by atoms with E-state index >= 15 is 0 Å². The molecule has 2 aromatic heterocycles. The number of nitrogens with zero attached hydrogens (tertiary/aromatic N) is 4. The Kier molecular flexibility index (Phi) is 5.79. The fourth-order valence-electron chi connectivity index (χ4n) is 2.69. The van der Waals surface area contributed by atoms with Crippen LogP contribution in [-0.4, -0.2) is 50.6 Å². The van der Waals surface area contributed by atoms with Gasteiger partial charge in [0.1, 0.15) is 11.4 Å². The van der Waals surface area contributed by atoms with Crippen molar-refractivity contribution in [1.82, 2.24) is 20.0 Å². The molecule has 1 unspecified atom stereocenters. The third-order valence-electron chi connectivity index (χ3n) is 4.07. The van der Waals surface area contributed by atoms with Crippen LogP contribution in [0.3, 0.4) is 0 Å². The highest BCUT2D eigenvalue weighted by Gasteiger charge is 2.21. The highest BCUT2D eigenvalue weighted by atomic mass is 16.7. The fourth-order valence-corrected chi connectivity index (χ4v) is 2.69. The first-order chi connectivity index (χ1) is 12.6. The molecule has 26 heavy (non-hydrogen) atoms. The van der Waals surface area contributed by atoms with Gasteiger partial charge in [0, 0.05) is 13.7 Å². The lowest BCUT2D eigenvalue weighted by atomic mass is 10.2. The van der Waals surface area contributed by atoms with Crippen molar-refractivity contribution in [2.45, 2.75) is 39.1 Å². The van der Waals surface area contributed by atoms with E-state index in [1.165, 1.54) is 6.07 Å². The molecule has 1 saturated heterocycles. The zero-order valence-corrected chi connectivity index (χ0v) is 14.8. The van der Waals surface area contributed by atoms with Crippen molar-refractivity contribution in [2.75, 3.05) is 13.2 Å². The number of pyridine rings is 1. The number of rotatable bonds is 6. The first-order valence-corrected chi connectivity index (χ1v) is 8.59. The van der Waals surface area contributed by atoms with Crippen LogP contribution < -0.4 is 0 Å². The van der Waals surface area contributed by atoms with Gasteiger partial charge in [-0.2, -0.15) is 0 Å². The summed E-state index contributed by atoms with van der Waals surface area (Å²) in [5, 5.41) is 18.0. The molecule has 1 aliphatic heterocycles. The second-order valence-corrected chi connectivity index (χ2v) is 5.90. The van der Waals surface area contributed by atoms with Gasteiger partial charge < -0.3 is 19.3 Å². The molecular weight excluding hydrogens is 340 g/mol. The monoisotopic (exact) mass is 362 g/mol. The predicted octanol–water partition coefficient (Wildman–Crippen LogP) is 1.80.